The van der Waals surface area contributed by atoms with Crippen LogP contribution in [0, 0.1) is 19.7 Å². The molecule has 0 aliphatic carbocycles. The number of pyridine rings is 5. The minimum atomic E-state index is -4.08. The molecule has 0 amide bonds. The summed E-state index contributed by atoms with van der Waals surface area (Å²) in [6.07, 6.45) is 8.86. The van der Waals surface area contributed by atoms with Crippen LogP contribution in [-0.4, -0.2) is 141 Å². The third-order valence-corrected chi connectivity index (χ3v) is 37.0. The van der Waals surface area contributed by atoms with Gasteiger partial charge in [-0.25, -0.2) is 76.7 Å². The molecule has 29 nitrogen and oxygen atoms in total. The number of aromatic nitrogens is 5. The van der Waals surface area contributed by atoms with Crippen LogP contribution in [0.2, 0.25) is 10.0 Å². The maximum Gasteiger partial charge on any atom is 0.263 e. The highest BCUT2D eigenvalue weighted by molar-refractivity contribution is 7.95. The van der Waals surface area contributed by atoms with Gasteiger partial charge in [0, 0.05) is 112 Å². The third kappa shape index (κ3) is 20.9. The summed E-state index contributed by atoms with van der Waals surface area (Å²) in [4.78, 5) is 22.2. The Labute approximate surface area is 802 Å². The van der Waals surface area contributed by atoms with E-state index in [1.165, 1.54) is 126 Å². The van der Waals surface area contributed by atoms with Gasteiger partial charge in [-0.3, -0.25) is 56.0 Å². The van der Waals surface area contributed by atoms with E-state index in [1.807, 2.05) is 141 Å². The zero-order chi connectivity index (χ0) is 96.6. The van der Waals surface area contributed by atoms with Crippen LogP contribution in [0.3, 0.4) is 0 Å². The lowest BCUT2D eigenvalue weighted by atomic mass is 10.00. The lowest BCUT2D eigenvalue weighted by Crippen LogP contribution is -2.25. The molecule has 0 radical (unpaired) electrons. The molecule has 20 rings (SSSR count). The highest BCUT2D eigenvalue weighted by Gasteiger charge is 2.34. The SMILES string of the molecule is Cc1ccc(NS(=O)(=O)c2ccc(N3CCCS3(=O)=O)cc2)cc1-c1ccc2ncccc2n1.Cc1ccc(NS(=O)(=O)c2ccc(N3CCCS3(=O)=O)cc2)cc1-c1nccc2ccccc12.O=S(=O)(Nc1ccc(Cl)c(-c2nccc3ccccc23)c1)c1ccc(N2CCCS2(=O)=O)cc1Cl.O=S(=O)(Nc1ccc(F)c(-c2nccc3ccccc23)c1)c1ccc(N2CCCS2(=O)=O)cc1. The number of rotatable bonds is 20. The quantitative estimate of drug-likeness (QED) is 0.0550. The van der Waals surface area contributed by atoms with Gasteiger partial charge in [-0.15, -0.1) is 0 Å². The summed E-state index contributed by atoms with van der Waals surface area (Å²) in [5, 5.41) is 5.87. The van der Waals surface area contributed by atoms with Crippen molar-refractivity contribution in [2.24, 2.45) is 0 Å². The van der Waals surface area contributed by atoms with E-state index in [2.05, 4.69) is 43.8 Å². The molecule has 4 aliphatic rings. The van der Waals surface area contributed by atoms with Crippen LogP contribution in [0.15, 0.2) is 323 Å². The van der Waals surface area contributed by atoms with Gasteiger partial charge >= 0.3 is 0 Å². The summed E-state index contributed by atoms with van der Waals surface area (Å²) in [6.45, 7) is 5.40. The summed E-state index contributed by atoms with van der Waals surface area (Å²) in [7, 11) is -29.3. The second-order valence-electron chi connectivity index (χ2n) is 32.3. The molecule has 0 bridgehead atoms. The summed E-state index contributed by atoms with van der Waals surface area (Å²) < 4.78 is 232. The number of benzene rings is 11. The van der Waals surface area contributed by atoms with Crippen molar-refractivity contribution in [1.29, 1.82) is 0 Å². The Morgan fingerprint density at radius 2 is 0.672 bits per heavy atom. The van der Waals surface area contributed by atoms with E-state index >= 15 is 0 Å². The van der Waals surface area contributed by atoms with E-state index < -0.39 is 86.0 Å². The maximum atomic E-state index is 14.7. The summed E-state index contributed by atoms with van der Waals surface area (Å²) in [6, 6.07) is 77.0. The largest absolute Gasteiger partial charge is 0.280 e. The van der Waals surface area contributed by atoms with Crippen LogP contribution in [-0.2, 0) is 80.2 Å². The number of aryl methyl sites for hydroxylation is 2. The Balaban J connectivity index is 0.000000127. The zero-order valence-corrected chi connectivity index (χ0v) is 80.9. The van der Waals surface area contributed by atoms with Crippen molar-refractivity contribution in [2.45, 2.75) is 59.1 Å². The minimum absolute atomic E-state index is 0.0398. The topological polar surface area (TPSA) is 399 Å². The fourth-order valence-corrected chi connectivity index (χ4v) is 27.6. The lowest BCUT2D eigenvalue weighted by molar-refractivity contribution is 0.597. The Morgan fingerprint density at radius 3 is 1.09 bits per heavy atom. The number of hydrogen-bond donors (Lipinski definition) is 4. The first-order valence-electron chi connectivity index (χ1n) is 42.7. The number of nitrogens with one attached hydrogen (secondary N) is 4. The number of nitrogens with zero attached hydrogens (tertiary/aromatic N) is 9. The van der Waals surface area contributed by atoms with E-state index in [0.29, 0.717) is 108 Å². The van der Waals surface area contributed by atoms with Crippen molar-refractivity contribution in [1.82, 2.24) is 24.9 Å². The number of fused-ring (bicyclic) bond motifs is 4. The monoisotopic (exact) mass is 2030 g/mol. The fourth-order valence-electron chi connectivity index (χ4n) is 16.4. The molecule has 40 heteroatoms. The standard InChI is InChI=1S/C25H23N3O4S2.C24H19Cl2N3O4S2.C24H20FN3O4S2.C24H22N4O4S2/c1-18-7-8-20(17-24(18)25-23-6-3-2-5-19(23)13-14-26-25)27-34(31,32)22-11-9-21(10-12-22)28-15-4-16-33(28,29)30;25-21-8-6-17(14-20(21)24-19-5-2-1-4-16(19)10-11-27-24)28-35(32,33)23-9-7-18(15-22(23)26)29-12-3-13-34(29,30)31;25-23-11-6-18(16-22(23)24-21-5-2-1-4-17(21)12-13-26-24)27-34(31,32)20-9-7-19(8-10-20)28-14-3-15-33(28,29)30;1-17-5-6-18(16-21(17)22-11-12-23-24(26-22)4-2-13-25-23)27-34(31,32)20-9-7-19(8-10-20)28-14-3-15-33(28,29)30/h2-3,5-14,17,27H,4,15-16H2,1H3;1-2,4-11,14-15,28H,3,12-13H2;1-2,4-13,16,27H,3,14-15H2;2,4-13,16,27H,3,14-15H2,1H3. The molecule has 137 heavy (non-hydrogen) atoms. The summed E-state index contributed by atoms with van der Waals surface area (Å²) >= 11 is 12.8. The normalized spacial score (nSPS) is 15.5. The van der Waals surface area contributed by atoms with Gasteiger partial charge in [0.05, 0.1) is 104 Å². The molecule has 11 aromatic carbocycles. The predicted molar refractivity (Wildman–Crippen MR) is 538 cm³/mol. The molecule has 4 saturated heterocycles. The van der Waals surface area contributed by atoms with Crippen molar-refractivity contribution >= 4 is 192 Å². The Bertz CT molecular complexity index is 8190. The summed E-state index contributed by atoms with van der Waals surface area (Å²) in [5.41, 5.74) is 11.4. The van der Waals surface area contributed by atoms with Gasteiger partial charge in [-0.05, 0) is 261 Å². The first-order chi connectivity index (χ1) is 65.4. The van der Waals surface area contributed by atoms with E-state index in [4.69, 9.17) is 23.2 Å². The van der Waals surface area contributed by atoms with Crippen LogP contribution < -0.4 is 36.1 Å². The number of sulfonamides is 8. The molecule has 4 aliphatic heterocycles. The van der Waals surface area contributed by atoms with Crippen molar-refractivity contribution < 1.29 is 71.7 Å². The van der Waals surface area contributed by atoms with Crippen LogP contribution in [0.1, 0.15) is 36.8 Å². The molecule has 702 valence electrons. The third-order valence-electron chi connectivity index (χ3n) is 23.1. The fraction of sp³-hybridized carbons (Fsp3) is 0.144. The van der Waals surface area contributed by atoms with E-state index in [9.17, 15) is 71.7 Å². The van der Waals surface area contributed by atoms with Gasteiger partial charge in [0.25, 0.3) is 40.1 Å². The predicted octanol–water partition coefficient (Wildman–Crippen LogP) is 18.4. The molecule has 0 atom stereocenters. The first kappa shape index (κ1) is 95.4. The Morgan fingerprint density at radius 1 is 0.314 bits per heavy atom. The smallest absolute Gasteiger partial charge is 0.263 e. The number of halogens is 3. The van der Waals surface area contributed by atoms with E-state index in [1.54, 1.807) is 67.3 Å². The van der Waals surface area contributed by atoms with E-state index in [0.717, 1.165) is 77.0 Å². The van der Waals surface area contributed by atoms with E-state index in [-0.39, 0.29) is 64.6 Å². The number of hydrogen-bond acceptors (Lipinski definition) is 21. The van der Waals surface area contributed by atoms with Crippen molar-refractivity contribution in [3.05, 3.63) is 331 Å². The highest BCUT2D eigenvalue weighted by Crippen LogP contribution is 2.41. The van der Waals surface area contributed by atoms with Crippen molar-refractivity contribution in [3.63, 3.8) is 0 Å². The Hall–Kier alpha value is -13.3. The molecule has 4 fully saturated rings. The average molecular weight is 2030 g/mol. The van der Waals surface area contributed by atoms with Gasteiger partial charge in [-0.2, -0.15) is 0 Å². The van der Waals surface area contributed by atoms with Crippen LogP contribution in [0.25, 0.3) is 88.4 Å². The second-order valence-corrected chi connectivity index (χ2v) is 47.9. The summed E-state index contributed by atoms with van der Waals surface area (Å²) in [5.74, 6) is -0.185. The van der Waals surface area contributed by atoms with Gasteiger partial charge < -0.3 is 0 Å². The van der Waals surface area contributed by atoms with Crippen LogP contribution in [0.4, 0.5) is 49.9 Å². The van der Waals surface area contributed by atoms with Gasteiger partial charge in [0.1, 0.15) is 10.7 Å². The molecule has 0 saturated carbocycles. The molecule has 16 aromatic rings. The van der Waals surface area contributed by atoms with Crippen molar-refractivity contribution in [2.75, 3.05) is 85.3 Å². The average Bonchev–Trinajstić information content (AvgIpc) is 1.58. The molecular formula is C97H84Cl2FN13O16S8. The molecule has 9 heterocycles. The second kappa shape index (κ2) is 38.7. The van der Waals surface area contributed by atoms with Crippen LogP contribution >= 0.6 is 23.2 Å². The molecular weight excluding hydrogens is 1950 g/mol. The minimum Gasteiger partial charge on any atom is -0.280 e. The maximum absolute atomic E-state index is 14.7. The highest BCUT2D eigenvalue weighted by atomic mass is 35.5. The van der Waals surface area contributed by atoms with Crippen molar-refractivity contribution in [3.8, 4) is 45.0 Å². The Kier molecular flexibility index (Phi) is 27.0. The number of anilines is 8. The zero-order valence-electron chi connectivity index (χ0n) is 72.8. The van der Waals surface area contributed by atoms with Gasteiger partial charge in [-0.1, -0.05) is 108 Å². The van der Waals surface area contributed by atoms with Gasteiger partial charge in [0.2, 0.25) is 40.1 Å². The first-order valence-corrected chi connectivity index (χ1v) is 55.8. The molecule has 0 spiro atoms. The molecule has 0 unspecified atom stereocenters. The molecule has 5 aromatic heterocycles. The lowest BCUT2D eigenvalue weighted by Gasteiger charge is -2.18. The van der Waals surface area contributed by atoms with Gasteiger partial charge in [0.15, 0.2) is 0 Å². The van der Waals surface area contributed by atoms with Crippen LogP contribution in [0.5, 0.6) is 0 Å². The molecule has 4 N–H and O–H groups in total.